The van der Waals surface area contributed by atoms with Crippen LogP contribution >= 0.6 is 0 Å². The van der Waals surface area contributed by atoms with Crippen molar-refractivity contribution in [3.05, 3.63) is 18.2 Å². The van der Waals surface area contributed by atoms with Crippen LogP contribution in [0, 0.1) is 5.92 Å². The highest BCUT2D eigenvalue weighted by Crippen LogP contribution is 2.32. The molecule has 28 heavy (non-hydrogen) atoms. The molecule has 1 heterocycles. The maximum atomic E-state index is 13.1. The second kappa shape index (κ2) is 8.67. The predicted molar refractivity (Wildman–Crippen MR) is 104 cm³/mol. The minimum absolute atomic E-state index is 0.0418. The topological polar surface area (TPSA) is 89.4 Å². The van der Waals surface area contributed by atoms with Gasteiger partial charge in [0.25, 0.3) is 5.91 Å². The molecular formula is C19H30N3O5S+. The molecule has 8 nitrogen and oxygen atoms in total. The van der Waals surface area contributed by atoms with E-state index in [0.717, 1.165) is 4.90 Å². The molecule has 1 aliphatic heterocycles. The van der Waals surface area contributed by atoms with E-state index in [1.165, 1.54) is 37.4 Å². The smallest absolute Gasteiger partial charge is 0.275 e. The Morgan fingerprint density at radius 2 is 1.93 bits per heavy atom. The van der Waals surface area contributed by atoms with Crippen LogP contribution in [0.5, 0.6) is 11.5 Å². The normalized spacial score (nSPS) is 19.8. The van der Waals surface area contributed by atoms with Crippen LogP contribution in [-0.4, -0.2) is 71.6 Å². The quantitative estimate of drug-likeness (QED) is 0.601. The van der Waals surface area contributed by atoms with Crippen LogP contribution in [0.1, 0.15) is 19.8 Å². The lowest BCUT2D eigenvalue weighted by Crippen LogP contribution is -3.15. The van der Waals surface area contributed by atoms with E-state index in [0.29, 0.717) is 50.1 Å². The molecular weight excluding hydrogens is 382 g/mol. The third-order valence-corrected chi connectivity index (χ3v) is 7.47. The number of ether oxygens (including phenoxy) is 2. The first-order chi connectivity index (χ1) is 13.3. The van der Waals surface area contributed by atoms with E-state index < -0.39 is 10.0 Å². The first-order valence-corrected chi connectivity index (χ1v) is 11.1. The predicted octanol–water partition coefficient (Wildman–Crippen LogP) is -0.492. The Labute approximate surface area is 166 Å². The summed E-state index contributed by atoms with van der Waals surface area (Å²) in [6, 6.07) is 4.98. The molecule has 1 aliphatic carbocycles. The molecule has 0 radical (unpaired) electrons. The number of nitrogens with zero attached hydrogens (tertiary/aromatic N) is 1. The van der Waals surface area contributed by atoms with Crippen LogP contribution in [0.3, 0.4) is 0 Å². The standard InChI is InChI=1S/C19H29N3O5S/c1-14(15-4-5-15)20-19(23)13-21-8-10-22(11-9-21)28(24,25)18-12-16(26-2)6-7-17(18)27-3/h6-7,12,14-15H,4-5,8-11,13H2,1-3H3,(H,20,23)/p+1/t14-/m1/s1. The second-order valence-corrected chi connectivity index (χ2v) is 9.45. The van der Waals surface area contributed by atoms with Crippen molar-refractivity contribution >= 4 is 15.9 Å². The molecule has 2 fully saturated rings. The highest BCUT2D eigenvalue weighted by atomic mass is 32.2. The van der Waals surface area contributed by atoms with Crippen molar-refractivity contribution in [1.82, 2.24) is 9.62 Å². The minimum atomic E-state index is -3.70. The lowest BCUT2D eigenvalue weighted by Gasteiger charge is -2.31. The van der Waals surface area contributed by atoms with Crippen molar-refractivity contribution in [3.8, 4) is 11.5 Å². The Morgan fingerprint density at radius 1 is 1.25 bits per heavy atom. The molecule has 0 aromatic heterocycles. The number of methoxy groups -OCH3 is 2. The molecule has 3 rings (SSSR count). The monoisotopic (exact) mass is 412 g/mol. The lowest BCUT2D eigenvalue weighted by atomic mass is 10.2. The van der Waals surface area contributed by atoms with E-state index >= 15 is 0 Å². The third-order valence-electron chi connectivity index (χ3n) is 5.55. The van der Waals surface area contributed by atoms with Gasteiger partial charge in [0.2, 0.25) is 10.0 Å². The zero-order valence-electron chi connectivity index (χ0n) is 16.7. The zero-order valence-corrected chi connectivity index (χ0v) is 17.5. The fraction of sp³-hybridized carbons (Fsp3) is 0.632. The molecule has 0 spiro atoms. The minimum Gasteiger partial charge on any atom is -0.497 e. The number of rotatable bonds is 8. The maximum Gasteiger partial charge on any atom is 0.275 e. The van der Waals surface area contributed by atoms with Gasteiger partial charge in [-0.25, -0.2) is 8.42 Å². The fourth-order valence-corrected chi connectivity index (χ4v) is 5.20. The summed E-state index contributed by atoms with van der Waals surface area (Å²) in [5.74, 6) is 1.42. The first-order valence-electron chi connectivity index (χ1n) is 9.70. The summed E-state index contributed by atoms with van der Waals surface area (Å²) < 4.78 is 38.0. The van der Waals surface area contributed by atoms with Crippen molar-refractivity contribution in [2.75, 3.05) is 46.9 Å². The number of sulfonamides is 1. The van der Waals surface area contributed by atoms with Crippen molar-refractivity contribution in [2.45, 2.75) is 30.7 Å². The van der Waals surface area contributed by atoms with Crippen molar-refractivity contribution in [2.24, 2.45) is 5.92 Å². The van der Waals surface area contributed by atoms with Crippen LogP contribution in [0.2, 0.25) is 0 Å². The first kappa shape index (κ1) is 20.9. The zero-order chi connectivity index (χ0) is 20.3. The van der Waals surface area contributed by atoms with Gasteiger partial charge in [-0.2, -0.15) is 4.31 Å². The Kier molecular flexibility index (Phi) is 6.47. The average molecular weight is 413 g/mol. The van der Waals surface area contributed by atoms with Crippen LogP contribution in [0.15, 0.2) is 23.1 Å². The Bertz CT molecular complexity index is 802. The van der Waals surface area contributed by atoms with Gasteiger partial charge in [-0.05, 0) is 37.8 Å². The molecule has 0 unspecified atom stereocenters. The average Bonchev–Trinajstić information content (AvgIpc) is 3.53. The summed E-state index contributed by atoms with van der Waals surface area (Å²) in [5, 5.41) is 3.06. The molecule has 156 valence electrons. The SMILES string of the molecule is COc1ccc(OC)c(S(=O)(=O)N2CC[NH+](CC(=O)N[C@H](C)C3CC3)CC2)c1. The third kappa shape index (κ3) is 4.76. The van der Waals surface area contributed by atoms with Gasteiger partial charge in [0, 0.05) is 12.1 Å². The number of carbonyl (C=O) groups is 1. The second-order valence-electron chi connectivity index (χ2n) is 7.54. The van der Waals surface area contributed by atoms with Gasteiger partial charge in [0.15, 0.2) is 6.54 Å². The molecule has 1 atom stereocenters. The lowest BCUT2D eigenvalue weighted by molar-refractivity contribution is -0.895. The number of quaternary nitrogens is 1. The van der Waals surface area contributed by atoms with Gasteiger partial charge in [-0.1, -0.05) is 0 Å². The summed E-state index contributed by atoms with van der Waals surface area (Å²) in [7, 11) is -0.753. The summed E-state index contributed by atoms with van der Waals surface area (Å²) >= 11 is 0. The van der Waals surface area contributed by atoms with Gasteiger partial charge in [0.1, 0.15) is 16.4 Å². The van der Waals surface area contributed by atoms with Crippen molar-refractivity contribution < 1.29 is 27.6 Å². The van der Waals surface area contributed by atoms with E-state index in [2.05, 4.69) is 12.2 Å². The van der Waals surface area contributed by atoms with E-state index in [-0.39, 0.29) is 16.8 Å². The molecule has 2 N–H and O–H groups in total. The van der Waals surface area contributed by atoms with E-state index in [1.54, 1.807) is 12.1 Å². The molecule has 1 amide bonds. The number of hydrogen-bond acceptors (Lipinski definition) is 5. The van der Waals surface area contributed by atoms with Crippen molar-refractivity contribution in [1.29, 1.82) is 0 Å². The van der Waals surface area contributed by atoms with Crippen LogP contribution in [0.4, 0.5) is 0 Å². The van der Waals surface area contributed by atoms with Gasteiger partial charge in [0.05, 0.1) is 40.4 Å². The highest BCUT2D eigenvalue weighted by molar-refractivity contribution is 7.89. The van der Waals surface area contributed by atoms with Gasteiger partial charge >= 0.3 is 0 Å². The molecule has 0 bridgehead atoms. The molecule has 1 saturated carbocycles. The summed E-state index contributed by atoms with van der Waals surface area (Å²) in [6.45, 7) is 4.35. The van der Waals surface area contributed by atoms with E-state index in [1.807, 2.05) is 0 Å². The maximum absolute atomic E-state index is 13.1. The molecule has 1 aromatic rings. The van der Waals surface area contributed by atoms with Gasteiger partial charge in [-0.3, -0.25) is 4.79 Å². The van der Waals surface area contributed by atoms with E-state index in [4.69, 9.17) is 9.47 Å². The molecule has 1 saturated heterocycles. The van der Waals surface area contributed by atoms with Crippen molar-refractivity contribution in [3.63, 3.8) is 0 Å². The van der Waals surface area contributed by atoms with Gasteiger partial charge in [-0.15, -0.1) is 0 Å². The summed E-state index contributed by atoms with van der Waals surface area (Å²) in [4.78, 5) is 13.4. The number of hydrogen-bond donors (Lipinski definition) is 2. The number of carbonyl (C=O) groups excluding carboxylic acids is 1. The Hall–Kier alpha value is -1.84. The molecule has 9 heteroatoms. The van der Waals surface area contributed by atoms with E-state index in [9.17, 15) is 13.2 Å². The largest absolute Gasteiger partial charge is 0.497 e. The highest BCUT2D eigenvalue weighted by Gasteiger charge is 2.34. The summed E-state index contributed by atoms with van der Waals surface area (Å²) in [6.07, 6.45) is 2.39. The molecule has 2 aliphatic rings. The summed E-state index contributed by atoms with van der Waals surface area (Å²) in [5.41, 5.74) is 0. The number of benzene rings is 1. The Balaban J connectivity index is 1.60. The van der Waals surface area contributed by atoms with Crippen LogP contribution in [0.25, 0.3) is 0 Å². The Morgan fingerprint density at radius 3 is 2.50 bits per heavy atom. The number of amides is 1. The molecule has 1 aromatic carbocycles. The van der Waals surface area contributed by atoms with Crippen LogP contribution < -0.4 is 19.7 Å². The van der Waals surface area contributed by atoms with Gasteiger partial charge < -0.3 is 19.7 Å². The van der Waals surface area contributed by atoms with Crippen LogP contribution in [-0.2, 0) is 14.8 Å². The fourth-order valence-electron chi connectivity index (χ4n) is 3.59. The number of piperazine rings is 1. The number of nitrogens with one attached hydrogen (secondary N) is 2.